The second-order valence-corrected chi connectivity index (χ2v) is 11.1. The lowest BCUT2D eigenvalue weighted by Gasteiger charge is -2.13. The summed E-state index contributed by atoms with van der Waals surface area (Å²) in [6.07, 6.45) is -0.993. The molecule has 0 saturated carbocycles. The fraction of sp³-hybridized carbons (Fsp3) is 0.108. The third-order valence-electron chi connectivity index (χ3n) is 8.59. The Bertz CT molecular complexity index is 2130. The van der Waals surface area contributed by atoms with Crippen molar-refractivity contribution in [1.82, 2.24) is 9.47 Å². The summed E-state index contributed by atoms with van der Waals surface area (Å²) in [5, 5.41) is 31.5. The van der Waals surface area contributed by atoms with E-state index in [1.165, 1.54) is 4.90 Å². The van der Waals surface area contributed by atoms with Gasteiger partial charge in [-0.15, -0.1) is 0 Å². The molecule has 6 aromatic rings. The van der Waals surface area contributed by atoms with Gasteiger partial charge in [-0.05, 0) is 102 Å². The molecule has 6 heteroatoms. The van der Waals surface area contributed by atoms with Crippen LogP contribution in [0.3, 0.4) is 0 Å². The molecule has 7 rings (SSSR count). The first-order valence-electron chi connectivity index (χ1n) is 14.0. The Morgan fingerprint density at radius 1 is 0.721 bits per heavy atom. The molecule has 1 N–H and O–H groups in total. The van der Waals surface area contributed by atoms with Crippen molar-refractivity contribution in [1.29, 1.82) is 10.5 Å². The third-order valence-corrected chi connectivity index (χ3v) is 8.59. The summed E-state index contributed by atoms with van der Waals surface area (Å²) < 4.78 is 2.11. The lowest BCUT2D eigenvalue weighted by atomic mass is 9.95. The van der Waals surface area contributed by atoms with Crippen molar-refractivity contribution in [2.75, 3.05) is 7.05 Å². The van der Waals surface area contributed by atoms with Crippen LogP contribution in [0.5, 0.6) is 0 Å². The van der Waals surface area contributed by atoms with E-state index in [0.29, 0.717) is 22.3 Å². The number of fused-ring (bicyclic) bond motifs is 4. The Hall–Kier alpha value is -5.69. The zero-order valence-electron chi connectivity index (χ0n) is 23.9. The van der Waals surface area contributed by atoms with Gasteiger partial charge < -0.3 is 14.6 Å². The molecule has 1 atom stereocenters. The highest BCUT2D eigenvalue weighted by molar-refractivity contribution is 6.13. The maximum atomic E-state index is 13.4. The lowest BCUT2D eigenvalue weighted by Crippen LogP contribution is -2.22. The molecule has 0 saturated heterocycles. The predicted molar refractivity (Wildman–Crippen MR) is 168 cm³/mol. The van der Waals surface area contributed by atoms with E-state index in [9.17, 15) is 20.4 Å². The van der Waals surface area contributed by atoms with Gasteiger partial charge in [-0.2, -0.15) is 10.5 Å². The molecule has 43 heavy (non-hydrogen) atoms. The van der Waals surface area contributed by atoms with E-state index in [0.717, 1.165) is 60.9 Å². The van der Waals surface area contributed by atoms with Crippen LogP contribution in [-0.2, 0) is 0 Å². The zero-order chi connectivity index (χ0) is 30.0. The van der Waals surface area contributed by atoms with Crippen molar-refractivity contribution in [2.45, 2.75) is 20.1 Å². The van der Waals surface area contributed by atoms with Crippen LogP contribution in [0.15, 0.2) is 91.0 Å². The molecule has 1 aliphatic rings. The molecule has 1 unspecified atom stereocenters. The summed E-state index contributed by atoms with van der Waals surface area (Å²) in [7, 11) is 1.61. The Kier molecular flexibility index (Phi) is 5.92. The van der Waals surface area contributed by atoms with Gasteiger partial charge in [0.2, 0.25) is 0 Å². The summed E-state index contributed by atoms with van der Waals surface area (Å²) in [5.41, 5.74) is 11.1. The zero-order valence-corrected chi connectivity index (χ0v) is 23.9. The minimum atomic E-state index is -0.993. The molecule has 0 spiro atoms. The number of aliphatic hydroxyl groups is 1. The van der Waals surface area contributed by atoms with E-state index >= 15 is 0 Å². The molecule has 6 nitrogen and oxygen atoms in total. The molecule has 206 valence electrons. The molecule has 2 heterocycles. The van der Waals surface area contributed by atoms with Crippen molar-refractivity contribution in [3.63, 3.8) is 0 Å². The summed E-state index contributed by atoms with van der Waals surface area (Å²) >= 11 is 0. The molecule has 0 aliphatic carbocycles. The molecule has 1 aromatic heterocycles. The van der Waals surface area contributed by atoms with Gasteiger partial charge in [0.15, 0.2) is 6.23 Å². The van der Waals surface area contributed by atoms with Crippen LogP contribution in [0.2, 0.25) is 0 Å². The maximum absolute atomic E-state index is 13.4. The minimum Gasteiger partial charge on any atom is -0.369 e. The fourth-order valence-electron chi connectivity index (χ4n) is 6.42. The van der Waals surface area contributed by atoms with Gasteiger partial charge in [0, 0.05) is 23.4 Å². The number of nitriles is 2. The predicted octanol–water partition coefficient (Wildman–Crippen LogP) is 7.55. The Morgan fingerprint density at radius 2 is 1.26 bits per heavy atom. The first-order valence-corrected chi connectivity index (χ1v) is 14.0. The molecular weight excluding hydrogens is 532 g/mol. The number of carbonyl (C=O) groups is 1. The molecule has 1 amide bonds. The topological polar surface area (TPSA) is 93.0 Å². The fourth-order valence-corrected chi connectivity index (χ4v) is 6.42. The average molecular weight is 559 g/mol. The average Bonchev–Trinajstić information content (AvgIpc) is 3.46. The van der Waals surface area contributed by atoms with Crippen molar-refractivity contribution < 1.29 is 9.90 Å². The molecule has 1 aliphatic heterocycles. The first kappa shape index (κ1) is 26.2. The van der Waals surface area contributed by atoms with Crippen LogP contribution in [0.1, 0.15) is 44.4 Å². The SMILES string of the molecule is Cc1cc(C#N)ccc1-c1ccc2c(c1)c1cc(-c3ccc(C#N)cc3C)ccc1n2-c1cccc2c1C(=O)N(C)C2O. The van der Waals surface area contributed by atoms with E-state index in [-0.39, 0.29) is 5.91 Å². The largest absolute Gasteiger partial charge is 0.369 e. The molecule has 0 radical (unpaired) electrons. The minimum absolute atomic E-state index is 0.220. The number of aryl methyl sites for hydroxylation is 2. The number of hydrogen-bond acceptors (Lipinski definition) is 4. The monoisotopic (exact) mass is 558 g/mol. The second-order valence-electron chi connectivity index (χ2n) is 11.1. The number of hydrogen-bond donors (Lipinski definition) is 1. The number of rotatable bonds is 3. The number of amides is 1. The summed E-state index contributed by atoms with van der Waals surface area (Å²) in [6.45, 7) is 4.02. The smallest absolute Gasteiger partial charge is 0.258 e. The van der Waals surface area contributed by atoms with Crippen molar-refractivity contribution >= 4 is 27.7 Å². The van der Waals surface area contributed by atoms with Gasteiger partial charge in [-0.25, -0.2) is 0 Å². The Morgan fingerprint density at radius 3 is 1.74 bits per heavy atom. The van der Waals surface area contributed by atoms with E-state index in [2.05, 4.69) is 53.1 Å². The molecule has 0 bridgehead atoms. The van der Waals surface area contributed by atoms with Crippen LogP contribution >= 0.6 is 0 Å². The van der Waals surface area contributed by atoms with Gasteiger partial charge in [0.05, 0.1) is 45.5 Å². The van der Waals surface area contributed by atoms with Crippen LogP contribution in [0, 0.1) is 36.5 Å². The number of carbonyl (C=O) groups excluding carboxylic acids is 1. The van der Waals surface area contributed by atoms with Crippen LogP contribution in [0.25, 0.3) is 49.7 Å². The lowest BCUT2D eigenvalue weighted by molar-refractivity contribution is 0.0302. The highest BCUT2D eigenvalue weighted by Gasteiger charge is 2.35. The quantitative estimate of drug-likeness (QED) is 0.243. The van der Waals surface area contributed by atoms with Gasteiger partial charge >= 0.3 is 0 Å². The van der Waals surface area contributed by atoms with Crippen LogP contribution < -0.4 is 0 Å². The van der Waals surface area contributed by atoms with Crippen LogP contribution in [0.4, 0.5) is 0 Å². The summed E-state index contributed by atoms with van der Waals surface area (Å²) in [4.78, 5) is 14.7. The Labute approximate surface area is 248 Å². The molecule has 0 fully saturated rings. The standard InChI is InChI=1S/C37H26N4O2/c1-21-15-23(19-38)7-11-27(21)25-9-13-32-30(17-25)31-18-26(28-12-8-24(20-39)16-22(28)2)10-14-33(31)41(32)34-6-4-5-29-35(34)37(43)40(3)36(29)42/h4-18,36,42H,1-3H3. The number of nitrogens with zero attached hydrogens (tertiary/aromatic N) is 4. The molecular formula is C37H26N4O2. The maximum Gasteiger partial charge on any atom is 0.258 e. The summed E-state index contributed by atoms with van der Waals surface area (Å²) in [6, 6.07) is 34.1. The van der Waals surface area contributed by atoms with E-state index in [4.69, 9.17) is 0 Å². The van der Waals surface area contributed by atoms with Crippen molar-refractivity contribution in [3.8, 4) is 40.1 Å². The number of aromatic nitrogens is 1. The van der Waals surface area contributed by atoms with E-state index in [1.807, 2.05) is 62.4 Å². The second kappa shape index (κ2) is 9.70. The van der Waals surface area contributed by atoms with Gasteiger partial charge in [0.25, 0.3) is 5.91 Å². The molecule has 5 aromatic carbocycles. The van der Waals surface area contributed by atoms with E-state index < -0.39 is 6.23 Å². The van der Waals surface area contributed by atoms with Gasteiger partial charge in [0.1, 0.15) is 0 Å². The number of aliphatic hydroxyl groups excluding tert-OH is 1. The third kappa shape index (κ3) is 3.93. The number of benzene rings is 5. The van der Waals surface area contributed by atoms with Gasteiger partial charge in [-0.1, -0.05) is 36.4 Å². The van der Waals surface area contributed by atoms with E-state index in [1.54, 1.807) is 13.1 Å². The van der Waals surface area contributed by atoms with Crippen molar-refractivity contribution in [2.24, 2.45) is 0 Å². The highest BCUT2D eigenvalue weighted by Crippen LogP contribution is 2.41. The Balaban J connectivity index is 1.53. The first-order chi connectivity index (χ1) is 20.8. The highest BCUT2D eigenvalue weighted by atomic mass is 16.3. The summed E-state index contributed by atoms with van der Waals surface area (Å²) in [5.74, 6) is -0.220. The van der Waals surface area contributed by atoms with Crippen LogP contribution in [-0.4, -0.2) is 27.5 Å². The van der Waals surface area contributed by atoms with Crippen molar-refractivity contribution in [3.05, 3.63) is 124 Å². The normalized spacial score (nSPS) is 14.2. The van der Waals surface area contributed by atoms with Gasteiger partial charge in [-0.3, -0.25) is 4.79 Å².